The molecule has 1 aliphatic rings. The summed E-state index contributed by atoms with van der Waals surface area (Å²) in [6.07, 6.45) is 1.79. The third-order valence-corrected chi connectivity index (χ3v) is 3.40. The third kappa shape index (κ3) is 3.91. The largest absolute Gasteiger partial charge is 0.394 e. The van der Waals surface area contributed by atoms with E-state index < -0.39 is 0 Å². The molecule has 2 heterocycles. The van der Waals surface area contributed by atoms with Crippen molar-refractivity contribution in [3.8, 4) is 0 Å². The van der Waals surface area contributed by atoms with Gasteiger partial charge in [0.2, 0.25) is 0 Å². The molecule has 0 radical (unpaired) electrons. The molecule has 2 rings (SSSR count). The van der Waals surface area contributed by atoms with Gasteiger partial charge in [0, 0.05) is 37.4 Å². The van der Waals surface area contributed by atoms with Gasteiger partial charge < -0.3 is 20.1 Å². The zero-order valence-electron chi connectivity index (χ0n) is 12.5. The van der Waals surface area contributed by atoms with Crippen molar-refractivity contribution < 1.29 is 9.84 Å². The van der Waals surface area contributed by atoms with Crippen molar-refractivity contribution in [1.29, 1.82) is 0 Å². The molecule has 1 saturated heterocycles. The predicted octanol–water partition coefficient (Wildman–Crippen LogP) is 1.17. The van der Waals surface area contributed by atoms with Crippen LogP contribution in [-0.4, -0.2) is 48.0 Å². The van der Waals surface area contributed by atoms with Gasteiger partial charge in [-0.25, -0.2) is 4.98 Å². The minimum atomic E-state index is -0.133. The first-order valence-corrected chi connectivity index (χ1v) is 7.28. The second-order valence-corrected chi connectivity index (χ2v) is 5.68. The summed E-state index contributed by atoms with van der Waals surface area (Å²) in [4.78, 5) is 6.75. The van der Waals surface area contributed by atoms with Crippen molar-refractivity contribution in [3.05, 3.63) is 23.9 Å². The fourth-order valence-electron chi connectivity index (χ4n) is 2.49. The van der Waals surface area contributed by atoms with E-state index in [0.717, 1.165) is 18.9 Å². The Morgan fingerprint density at radius 2 is 2.30 bits per heavy atom. The SMILES string of the molecule is CC(C)NCc1cccnc1N1CC(C)OC(CO)C1. The number of pyridine rings is 1. The Hall–Kier alpha value is -1.17. The summed E-state index contributed by atoms with van der Waals surface area (Å²) in [6.45, 7) is 8.64. The summed E-state index contributed by atoms with van der Waals surface area (Å²) in [5, 5.41) is 12.8. The van der Waals surface area contributed by atoms with Gasteiger partial charge in [0.05, 0.1) is 18.8 Å². The Bertz CT molecular complexity index is 425. The number of hydrogen-bond donors (Lipinski definition) is 2. The number of hydrogen-bond acceptors (Lipinski definition) is 5. The topological polar surface area (TPSA) is 57.6 Å². The molecule has 112 valence electrons. The Kier molecular flexibility index (Phi) is 5.34. The summed E-state index contributed by atoms with van der Waals surface area (Å²) in [5.74, 6) is 0.995. The smallest absolute Gasteiger partial charge is 0.133 e. The minimum Gasteiger partial charge on any atom is -0.394 e. The van der Waals surface area contributed by atoms with Crippen molar-refractivity contribution >= 4 is 5.82 Å². The highest BCUT2D eigenvalue weighted by Crippen LogP contribution is 2.22. The van der Waals surface area contributed by atoms with Crippen molar-refractivity contribution in [3.63, 3.8) is 0 Å². The number of rotatable bonds is 5. The van der Waals surface area contributed by atoms with Crippen molar-refractivity contribution in [2.45, 2.75) is 45.6 Å². The van der Waals surface area contributed by atoms with Crippen molar-refractivity contribution in [2.75, 3.05) is 24.6 Å². The third-order valence-electron chi connectivity index (χ3n) is 3.40. The monoisotopic (exact) mass is 279 g/mol. The van der Waals surface area contributed by atoms with Gasteiger partial charge in [0.25, 0.3) is 0 Å². The fourth-order valence-corrected chi connectivity index (χ4v) is 2.49. The first-order chi connectivity index (χ1) is 9.60. The molecule has 20 heavy (non-hydrogen) atoms. The van der Waals surface area contributed by atoms with E-state index in [1.807, 2.05) is 19.2 Å². The van der Waals surface area contributed by atoms with E-state index in [0.29, 0.717) is 12.6 Å². The second-order valence-electron chi connectivity index (χ2n) is 5.68. The number of aliphatic hydroxyl groups is 1. The molecule has 2 atom stereocenters. The van der Waals surface area contributed by atoms with E-state index >= 15 is 0 Å². The number of nitrogens with zero attached hydrogens (tertiary/aromatic N) is 2. The predicted molar refractivity (Wildman–Crippen MR) is 79.8 cm³/mol. The van der Waals surface area contributed by atoms with Gasteiger partial charge in [-0.2, -0.15) is 0 Å². The van der Waals surface area contributed by atoms with Crippen LogP contribution < -0.4 is 10.2 Å². The quantitative estimate of drug-likeness (QED) is 0.847. The van der Waals surface area contributed by atoms with Crippen LogP contribution in [0.3, 0.4) is 0 Å². The Morgan fingerprint density at radius 1 is 1.50 bits per heavy atom. The molecule has 2 unspecified atom stereocenters. The first-order valence-electron chi connectivity index (χ1n) is 7.28. The molecule has 1 aromatic rings. The van der Waals surface area contributed by atoms with Gasteiger partial charge in [0.1, 0.15) is 5.82 Å². The van der Waals surface area contributed by atoms with Gasteiger partial charge in [-0.3, -0.25) is 0 Å². The highest BCUT2D eigenvalue weighted by atomic mass is 16.5. The summed E-state index contributed by atoms with van der Waals surface area (Å²) in [7, 11) is 0. The van der Waals surface area contributed by atoms with E-state index in [9.17, 15) is 5.11 Å². The fraction of sp³-hybridized carbons (Fsp3) is 0.667. The van der Waals surface area contributed by atoms with E-state index in [1.54, 1.807) is 0 Å². The van der Waals surface area contributed by atoms with Gasteiger partial charge in [-0.1, -0.05) is 19.9 Å². The number of aromatic nitrogens is 1. The number of anilines is 1. The molecule has 0 spiro atoms. The zero-order chi connectivity index (χ0) is 14.5. The summed E-state index contributed by atoms with van der Waals surface area (Å²) >= 11 is 0. The normalized spacial score (nSPS) is 23.4. The van der Waals surface area contributed by atoms with Crippen LogP contribution in [0.5, 0.6) is 0 Å². The molecular weight excluding hydrogens is 254 g/mol. The molecule has 2 N–H and O–H groups in total. The molecule has 0 bridgehead atoms. The molecule has 1 aliphatic heterocycles. The molecule has 0 amide bonds. The van der Waals surface area contributed by atoms with Crippen LogP contribution in [0.2, 0.25) is 0 Å². The number of nitrogens with one attached hydrogen (secondary N) is 1. The summed E-state index contributed by atoms with van der Waals surface area (Å²) in [6, 6.07) is 4.51. The lowest BCUT2D eigenvalue weighted by Gasteiger charge is -2.37. The Labute approximate surface area is 121 Å². The lowest BCUT2D eigenvalue weighted by atomic mass is 10.1. The maximum absolute atomic E-state index is 9.33. The first kappa shape index (κ1) is 15.2. The van der Waals surface area contributed by atoms with Crippen molar-refractivity contribution in [1.82, 2.24) is 10.3 Å². The second kappa shape index (κ2) is 7.02. The summed E-state index contributed by atoms with van der Waals surface area (Å²) in [5.41, 5.74) is 1.19. The van der Waals surface area contributed by atoms with Crippen LogP contribution in [0, 0.1) is 0 Å². The maximum atomic E-state index is 9.33. The average molecular weight is 279 g/mol. The van der Waals surface area contributed by atoms with Crippen LogP contribution in [0.15, 0.2) is 18.3 Å². The van der Waals surface area contributed by atoms with Gasteiger partial charge in [0.15, 0.2) is 0 Å². The number of aliphatic hydroxyl groups excluding tert-OH is 1. The summed E-state index contributed by atoms with van der Waals surface area (Å²) < 4.78 is 5.69. The Balaban J connectivity index is 2.14. The highest BCUT2D eigenvalue weighted by molar-refractivity contribution is 5.47. The molecule has 5 heteroatoms. The van der Waals surface area contributed by atoms with Crippen LogP contribution >= 0.6 is 0 Å². The molecule has 1 fully saturated rings. The molecular formula is C15H25N3O2. The molecule has 1 aromatic heterocycles. The van der Waals surface area contributed by atoms with E-state index in [-0.39, 0.29) is 18.8 Å². The van der Waals surface area contributed by atoms with Gasteiger partial charge in [-0.15, -0.1) is 0 Å². The number of ether oxygens (including phenoxy) is 1. The van der Waals surface area contributed by atoms with Crippen LogP contribution in [0.1, 0.15) is 26.3 Å². The van der Waals surface area contributed by atoms with E-state index in [2.05, 4.69) is 35.1 Å². The molecule has 0 aliphatic carbocycles. The van der Waals surface area contributed by atoms with Crippen LogP contribution in [0.25, 0.3) is 0 Å². The Morgan fingerprint density at radius 3 is 3.00 bits per heavy atom. The maximum Gasteiger partial charge on any atom is 0.133 e. The van der Waals surface area contributed by atoms with E-state index in [1.165, 1.54) is 5.56 Å². The molecule has 0 aromatic carbocycles. The van der Waals surface area contributed by atoms with Crippen LogP contribution in [-0.2, 0) is 11.3 Å². The lowest BCUT2D eigenvalue weighted by Crippen LogP contribution is -2.48. The van der Waals surface area contributed by atoms with Crippen LogP contribution in [0.4, 0.5) is 5.82 Å². The standard InChI is InChI=1S/C15H25N3O2/c1-11(2)17-7-13-5-4-6-16-15(13)18-8-12(3)20-14(9-18)10-19/h4-6,11-12,14,17,19H,7-10H2,1-3H3. The highest BCUT2D eigenvalue weighted by Gasteiger charge is 2.26. The lowest BCUT2D eigenvalue weighted by molar-refractivity contribution is -0.0423. The van der Waals surface area contributed by atoms with E-state index in [4.69, 9.17) is 4.74 Å². The van der Waals surface area contributed by atoms with Gasteiger partial charge in [-0.05, 0) is 13.0 Å². The minimum absolute atomic E-state index is 0.0489. The number of morpholine rings is 1. The molecule has 5 nitrogen and oxygen atoms in total. The average Bonchev–Trinajstić information content (AvgIpc) is 2.44. The van der Waals surface area contributed by atoms with Gasteiger partial charge >= 0.3 is 0 Å². The zero-order valence-corrected chi connectivity index (χ0v) is 12.5. The molecule has 0 saturated carbocycles. The van der Waals surface area contributed by atoms with Crippen molar-refractivity contribution in [2.24, 2.45) is 0 Å².